The molecule has 30 heavy (non-hydrogen) atoms. The largest absolute Gasteiger partial charge is 1.00 e. The van der Waals surface area contributed by atoms with Gasteiger partial charge in [0.05, 0.1) is 4.90 Å². The van der Waals surface area contributed by atoms with Gasteiger partial charge in [0.25, 0.3) is 0 Å². The Balaban J connectivity index is 0. The first-order chi connectivity index (χ1) is 13.7. The zero-order valence-electron chi connectivity index (χ0n) is 18.5. The summed E-state index contributed by atoms with van der Waals surface area (Å²) in [6.07, 6.45) is 10.6. The van der Waals surface area contributed by atoms with Crippen LogP contribution in [-0.2, 0) is 19.7 Å². The van der Waals surface area contributed by atoms with Crippen LogP contribution in [0.25, 0.3) is 0 Å². The summed E-state index contributed by atoms with van der Waals surface area (Å²) >= 11 is 0. The van der Waals surface area contributed by atoms with Crippen LogP contribution in [0.3, 0.4) is 0 Å². The van der Waals surface area contributed by atoms with Gasteiger partial charge in [-0.15, -0.1) is 0 Å². The van der Waals surface area contributed by atoms with Crippen LogP contribution in [0.15, 0.2) is 29.2 Å². The number of ether oxygens (including phenoxy) is 1. The number of carbonyl (C=O) groups excluding carboxylic acids is 2. The van der Waals surface area contributed by atoms with E-state index in [1.54, 1.807) is 0 Å². The molecule has 1 amide bonds. The first-order valence-electron chi connectivity index (χ1n) is 10.3. The van der Waals surface area contributed by atoms with E-state index in [1.165, 1.54) is 43.9 Å². The number of amides is 1. The maximum absolute atomic E-state index is 11.4. The van der Waals surface area contributed by atoms with E-state index < -0.39 is 21.0 Å². The van der Waals surface area contributed by atoms with Crippen LogP contribution in [0.5, 0.6) is 5.75 Å². The fraction of sp³-hybridized carbons (Fsp3) is 0.619. The van der Waals surface area contributed by atoms with Crippen molar-refractivity contribution in [2.24, 2.45) is 5.73 Å². The SMILES string of the molecule is CCCCCC(=O)Oc1ccccc1S(=O)(=O)[O-].CCCCCCCCC(N)=O.[Na+]. The topological polar surface area (TPSA) is 127 Å². The molecule has 1 rings (SSSR count). The van der Waals surface area contributed by atoms with Crippen molar-refractivity contribution in [1.29, 1.82) is 0 Å². The number of benzene rings is 1. The average molecular weight is 452 g/mol. The first kappa shape index (κ1) is 31.3. The average Bonchev–Trinajstić information content (AvgIpc) is 2.65. The smallest absolute Gasteiger partial charge is 0.744 e. The normalized spacial score (nSPS) is 10.4. The molecule has 166 valence electrons. The van der Waals surface area contributed by atoms with Gasteiger partial charge in [0.1, 0.15) is 15.9 Å². The van der Waals surface area contributed by atoms with Crippen molar-refractivity contribution < 1.29 is 56.9 Å². The Labute approximate surface area is 203 Å². The van der Waals surface area contributed by atoms with Gasteiger partial charge in [-0.3, -0.25) is 9.59 Å². The minimum Gasteiger partial charge on any atom is -0.744 e. The Morgan fingerprint density at radius 2 is 1.40 bits per heavy atom. The maximum atomic E-state index is 11.4. The Hall–Kier alpha value is -0.930. The second-order valence-corrected chi connectivity index (χ2v) is 8.16. The molecule has 0 unspecified atom stereocenters. The van der Waals surface area contributed by atoms with Crippen LogP contribution in [0.2, 0.25) is 0 Å². The number of esters is 1. The third kappa shape index (κ3) is 16.8. The second-order valence-electron chi connectivity index (χ2n) is 6.82. The van der Waals surface area contributed by atoms with Crippen LogP contribution < -0.4 is 40.0 Å². The Bertz CT molecular complexity index is 709. The van der Waals surface area contributed by atoms with Crippen LogP contribution in [-0.4, -0.2) is 24.8 Å². The van der Waals surface area contributed by atoms with E-state index in [-0.39, 0.29) is 47.6 Å². The summed E-state index contributed by atoms with van der Waals surface area (Å²) in [7, 11) is -4.63. The van der Waals surface area contributed by atoms with Crippen LogP contribution in [0.4, 0.5) is 0 Å². The molecule has 0 aliphatic carbocycles. The van der Waals surface area contributed by atoms with Gasteiger partial charge in [-0.2, -0.15) is 0 Å². The molecule has 0 atom stereocenters. The molecular formula is C21H34NNaO6S. The summed E-state index contributed by atoms with van der Waals surface area (Å²) in [6.45, 7) is 4.20. The minimum atomic E-state index is -4.63. The first-order valence-corrected chi connectivity index (χ1v) is 11.7. The van der Waals surface area contributed by atoms with Crippen molar-refractivity contribution in [3.05, 3.63) is 24.3 Å². The third-order valence-electron chi connectivity index (χ3n) is 4.10. The molecule has 9 heteroatoms. The Kier molecular flexibility index (Phi) is 19.6. The van der Waals surface area contributed by atoms with Gasteiger partial charge in [0.2, 0.25) is 5.91 Å². The van der Waals surface area contributed by atoms with E-state index in [2.05, 4.69) is 6.92 Å². The molecule has 7 nitrogen and oxygen atoms in total. The van der Waals surface area contributed by atoms with Gasteiger partial charge in [0, 0.05) is 12.8 Å². The van der Waals surface area contributed by atoms with Gasteiger partial charge in [-0.05, 0) is 25.0 Å². The molecular weight excluding hydrogens is 417 g/mol. The number of nitrogens with two attached hydrogens (primary N) is 1. The van der Waals surface area contributed by atoms with Gasteiger partial charge >= 0.3 is 35.5 Å². The molecule has 0 spiro atoms. The van der Waals surface area contributed by atoms with E-state index >= 15 is 0 Å². The van der Waals surface area contributed by atoms with Crippen molar-refractivity contribution in [3.8, 4) is 5.75 Å². The standard InChI is InChI=1S/C12H16O5S.C9H19NO.Na/c1-2-3-4-9-12(13)17-10-7-5-6-8-11(10)18(14,15)16;1-2-3-4-5-6-7-8-9(10)11;/h5-8H,2-4,9H2,1H3,(H,14,15,16);2-8H2,1H3,(H2,10,11);/q;;+1/p-1. The Morgan fingerprint density at radius 1 is 0.900 bits per heavy atom. The van der Waals surface area contributed by atoms with Crippen molar-refractivity contribution in [3.63, 3.8) is 0 Å². The molecule has 0 aliphatic rings. The number of rotatable bonds is 13. The molecule has 0 radical (unpaired) electrons. The maximum Gasteiger partial charge on any atom is 1.00 e. The van der Waals surface area contributed by atoms with Gasteiger partial charge in [-0.25, -0.2) is 8.42 Å². The number of primary amides is 1. The van der Waals surface area contributed by atoms with Crippen molar-refractivity contribution >= 4 is 22.0 Å². The molecule has 1 aromatic carbocycles. The minimum absolute atomic E-state index is 0. The zero-order chi connectivity index (χ0) is 22.1. The number of unbranched alkanes of at least 4 members (excludes halogenated alkanes) is 7. The predicted octanol–water partition coefficient (Wildman–Crippen LogP) is 1.30. The van der Waals surface area contributed by atoms with E-state index in [1.807, 2.05) is 6.92 Å². The summed E-state index contributed by atoms with van der Waals surface area (Å²) in [5.41, 5.74) is 4.99. The molecule has 1 aromatic rings. The fourth-order valence-corrected chi connectivity index (χ4v) is 3.11. The number of hydrogen-bond acceptors (Lipinski definition) is 6. The van der Waals surface area contributed by atoms with Crippen LogP contribution >= 0.6 is 0 Å². The van der Waals surface area contributed by atoms with Gasteiger partial charge < -0.3 is 15.0 Å². The van der Waals surface area contributed by atoms with Crippen molar-refractivity contribution in [1.82, 2.24) is 0 Å². The molecule has 2 N–H and O–H groups in total. The molecule has 0 saturated heterocycles. The molecule has 0 aliphatic heterocycles. The molecule has 0 bridgehead atoms. The van der Waals surface area contributed by atoms with Crippen LogP contribution in [0, 0.1) is 0 Å². The molecule has 0 heterocycles. The number of para-hydroxylation sites is 1. The summed E-state index contributed by atoms with van der Waals surface area (Å²) < 4.78 is 37.7. The van der Waals surface area contributed by atoms with E-state index in [4.69, 9.17) is 10.5 Å². The zero-order valence-corrected chi connectivity index (χ0v) is 21.3. The van der Waals surface area contributed by atoms with Gasteiger partial charge in [-0.1, -0.05) is 70.9 Å². The number of carbonyl (C=O) groups is 2. The number of hydrogen-bond donors (Lipinski definition) is 1. The fourth-order valence-electron chi connectivity index (χ4n) is 2.51. The monoisotopic (exact) mass is 451 g/mol. The third-order valence-corrected chi connectivity index (χ3v) is 4.98. The van der Waals surface area contributed by atoms with Crippen molar-refractivity contribution in [2.45, 2.75) is 89.4 Å². The van der Waals surface area contributed by atoms with Gasteiger partial charge in [0.15, 0.2) is 0 Å². The molecule has 0 fully saturated rings. The summed E-state index contributed by atoms with van der Waals surface area (Å²) in [5.74, 6) is -0.894. The van der Waals surface area contributed by atoms with Crippen LogP contribution in [0.1, 0.15) is 84.5 Å². The quantitative estimate of drug-likeness (QED) is 0.158. The van der Waals surface area contributed by atoms with E-state index in [0.717, 1.165) is 31.7 Å². The second kappa shape index (κ2) is 18.8. The predicted molar refractivity (Wildman–Crippen MR) is 111 cm³/mol. The Morgan fingerprint density at radius 3 is 1.97 bits per heavy atom. The molecule has 0 aromatic heterocycles. The molecule has 0 saturated carbocycles. The van der Waals surface area contributed by atoms with E-state index in [9.17, 15) is 22.6 Å². The summed E-state index contributed by atoms with van der Waals surface area (Å²) in [5, 5.41) is 0. The van der Waals surface area contributed by atoms with Crippen molar-refractivity contribution in [2.75, 3.05) is 0 Å². The summed E-state index contributed by atoms with van der Waals surface area (Å²) in [6, 6.07) is 5.32. The van der Waals surface area contributed by atoms with E-state index in [0.29, 0.717) is 12.8 Å². The summed E-state index contributed by atoms with van der Waals surface area (Å²) in [4.78, 5) is 21.3.